The number of Topliss-reactive ketones (excluding diaryl/α,β-unsaturated/α-hetero) is 1. The second kappa shape index (κ2) is 11.1. The Kier molecular flexibility index (Phi) is 7.61. The van der Waals surface area contributed by atoms with E-state index in [2.05, 4.69) is 5.32 Å². The van der Waals surface area contributed by atoms with E-state index in [1.807, 2.05) is 0 Å². The highest BCUT2D eigenvalue weighted by atomic mass is 19.1. The smallest absolute Gasteiger partial charge is 0.341 e. The van der Waals surface area contributed by atoms with Crippen LogP contribution in [0.1, 0.15) is 69.7 Å². The van der Waals surface area contributed by atoms with Gasteiger partial charge in [0.05, 0.1) is 30.1 Å². The van der Waals surface area contributed by atoms with Crippen LogP contribution in [0.2, 0.25) is 0 Å². The SMILES string of the molecule is COc1c(N2CCC/C(=C(\F)CNC(=O)c3ccccc3C(C)=O)C2)c(F)cc2c(=O)c(C(=O)O)cn(C3CC3)c12. The normalized spacial score (nSPS) is 16.4. The number of aromatic nitrogens is 1. The lowest BCUT2D eigenvalue weighted by Gasteiger charge is -2.33. The average molecular weight is 566 g/mol. The van der Waals surface area contributed by atoms with Gasteiger partial charge in [-0.05, 0) is 50.3 Å². The molecule has 1 aliphatic carbocycles. The number of carboxylic acid groups (broad SMARTS) is 1. The van der Waals surface area contributed by atoms with Crippen LogP contribution in [0.25, 0.3) is 10.9 Å². The largest absolute Gasteiger partial charge is 0.492 e. The van der Waals surface area contributed by atoms with Gasteiger partial charge in [-0.2, -0.15) is 0 Å². The van der Waals surface area contributed by atoms with Gasteiger partial charge in [-0.1, -0.05) is 18.2 Å². The van der Waals surface area contributed by atoms with Crippen molar-refractivity contribution in [1.82, 2.24) is 9.88 Å². The minimum Gasteiger partial charge on any atom is -0.492 e. The predicted octanol–water partition coefficient (Wildman–Crippen LogP) is 4.64. The molecular formula is C30H29F2N3O6. The van der Waals surface area contributed by atoms with E-state index in [1.54, 1.807) is 21.6 Å². The summed E-state index contributed by atoms with van der Waals surface area (Å²) in [6.45, 7) is 1.35. The van der Waals surface area contributed by atoms with Crippen molar-refractivity contribution in [2.45, 2.75) is 38.6 Å². The Morgan fingerprint density at radius 3 is 2.49 bits per heavy atom. The number of ether oxygens (including phenoxy) is 1. The number of pyridine rings is 1. The van der Waals surface area contributed by atoms with E-state index in [9.17, 15) is 24.3 Å². The van der Waals surface area contributed by atoms with Crippen molar-refractivity contribution in [3.63, 3.8) is 0 Å². The number of ketones is 1. The zero-order chi connectivity index (χ0) is 29.4. The number of piperidine rings is 1. The highest BCUT2D eigenvalue weighted by molar-refractivity contribution is 6.07. The number of carbonyl (C=O) groups is 3. The molecule has 1 aliphatic heterocycles. The number of hydrogen-bond acceptors (Lipinski definition) is 6. The van der Waals surface area contributed by atoms with Crippen LogP contribution >= 0.6 is 0 Å². The second-order valence-corrected chi connectivity index (χ2v) is 10.3. The molecule has 9 nitrogen and oxygen atoms in total. The minimum absolute atomic E-state index is 0.0192. The molecule has 0 radical (unpaired) electrons. The number of halogens is 2. The predicted molar refractivity (Wildman–Crippen MR) is 148 cm³/mol. The molecule has 2 heterocycles. The zero-order valence-electron chi connectivity index (χ0n) is 22.6. The summed E-state index contributed by atoms with van der Waals surface area (Å²) in [5.41, 5.74) is -0.133. The van der Waals surface area contributed by atoms with Crippen molar-refractivity contribution in [2.75, 3.05) is 31.6 Å². The summed E-state index contributed by atoms with van der Waals surface area (Å²) < 4.78 is 38.3. The Morgan fingerprint density at radius 2 is 1.85 bits per heavy atom. The number of carboxylic acids is 1. The molecule has 0 atom stereocenters. The van der Waals surface area contributed by atoms with E-state index in [0.29, 0.717) is 30.5 Å². The van der Waals surface area contributed by atoms with E-state index in [0.717, 1.165) is 18.9 Å². The molecule has 1 aromatic heterocycles. The lowest BCUT2D eigenvalue weighted by atomic mass is 10.0. The van der Waals surface area contributed by atoms with Crippen molar-refractivity contribution in [3.05, 3.63) is 80.7 Å². The Labute approximate surface area is 234 Å². The van der Waals surface area contributed by atoms with Gasteiger partial charge in [-0.3, -0.25) is 14.4 Å². The Bertz CT molecular complexity index is 1670. The fourth-order valence-corrected chi connectivity index (χ4v) is 5.37. The lowest BCUT2D eigenvalue weighted by Crippen LogP contribution is -2.34. The number of fused-ring (bicyclic) bond motifs is 1. The van der Waals surface area contributed by atoms with Gasteiger partial charge in [-0.15, -0.1) is 0 Å². The van der Waals surface area contributed by atoms with E-state index in [-0.39, 0.29) is 46.3 Å². The summed E-state index contributed by atoms with van der Waals surface area (Å²) in [4.78, 5) is 50.8. The fourth-order valence-electron chi connectivity index (χ4n) is 5.37. The monoisotopic (exact) mass is 565 g/mol. The first-order valence-corrected chi connectivity index (χ1v) is 13.3. The molecule has 214 valence electrons. The van der Waals surface area contributed by atoms with Crippen LogP contribution in [0, 0.1) is 5.82 Å². The van der Waals surface area contributed by atoms with Crippen molar-refractivity contribution in [3.8, 4) is 5.75 Å². The molecule has 1 saturated heterocycles. The molecule has 2 N–H and O–H groups in total. The number of methoxy groups -OCH3 is 1. The fraction of sp³-hybridized carbons (Fsp3) is 0.333. The van der Waals surface area contributed by atoms with Crippen LogP contribution in [0.3, 0.4) is 0 Å². The first-order chi connectivity index (χ1) is 19.6. The summed E-state index contributed by atoms with van der Waals surface area (Å²) in [6.07, 6.45) is 3.73. The highest BCUT2D eigenvalue weighted by Gasteiger charge is 2.32. The second-order valence-electron chi connectivity index (χ2n) is 10.3. The van der Waals surface area contributed by atoms with Crippen molar-refractivity contribution < 1.29 is 33.0 Å². The summed E-state index contributed by atoms with van der Waals surface area (Å²) >= 11 is 0. The Balaban J connectivity index is 1.47. The molecule has 2 fully saturated rings. The van der Waals surface area contributed by atoms with Gasteiger partial charge < -0.3 is 24.6 Å². The quantitative estimate of drug-likeness (QED) is 0.382. The van der Waals surface area contributed by atoms with Gasteiger partial charge in [-0.25, -0.2) is 13.6 Å². The number of anilines is 1. The molecule has 11 heteroatoms. The molecule has 5 rings (SSSR count). The number of amides is 1. The zero-order valence-corrected chi connectivity index (χ0v) is 22.6. The molecule has 3 aromatic rings. The molecule has 2 aliphatic rings. The number of carbonyl (C=O) groups excluding carboxylic acids is 2. The molecule has 41 heavy (non-hydrogen) atoms. The Morgan fingerprint density at radius 1 is 1.15 bits per heavy atom. The minimum atomic E-state index is -1.40. The maximum Gasteiger partial charge on any atom is 0.341 e. The standard InChI is InChI=1S/C30H29F2N3O6/c1-16(36)19-7-3-4-8-20(19)29(38)33-13-24(32)17-6-5-11-34(14-17)26-23(31)12-21-25(28(26)41-2)35(18-9-10-18)15-22(27(21)37)30(39)40/h3-4,7-8,12,15,18H,5-6,9-11,13-14H2,1-2H3,(H,33,38)(H,39,40)/b24-17+. The van der Waals surface area contributed by atoms with Crippen LogP contribution in [0.15, 0.2) is 52.7 Å². The maximum atomic E-state index is 15.7. The maximum absolute atomic E-state index is 15.7. The van der Waals surface area contributed by atoms with Crippen LogP contribution in [-0.2, 0) is 0 Å². The summed E-state index contributed by atoms with van der Waals surface area (Å²) in [6, 6.07) is 7.27. The van der Waals surface area contributed by atoms with Gasteiger partial charge in [0.1, 0.15) is 17.1 Å². The third kappa shape index (κ3) is 5.31. The summed E-state index contributed by atoms with van der Waals surface area (Å²) in [5, 5.41) is 12.0. The van der Waals surface area contributed by atoms with Crippen LogP contribution in [0.5, 0.6) is 5.75 Å². The third-order valence-electron chi connectivity index (χ3n) is 7.52. The van der Waals surface area contributed by atoms with Crippen molar-refractivity contribution in [1.29, 1.82) is 0 Å². The number of nitrogens with zero attached hydrogens (tertiary/aromatic N) is 2. The Hall–Kier alpha value is -4.54. The molecule has 0 bridgehead atoms. The third-order valence-corrected chi connectivity index (χ3v) is 7.52. The van der Waals surface area contributed by atoms with Crippen molar-refractivity contribution >= 4 is 34.3 Å². The van der Waals surface area contributed by atoms with E-state index >= 15 is 8.78 Å². The van der Waals surface area contributed by atoms with Gasteiger partial charge in [0.25, 0.3) is 5.91 Å². The summed E-state index contributed by atoms with van der Waals surface area (Å²) in [7, 11) is 1.35. The molecule has 2 aromatic carbocycles. The molecule has 1 amide bonds. The average Bonchev–Trinajstić information content (AvgIpc) is 3.81. The van der Waals surface area contributed by atoms with Gasteiger partial charge in [0.2, 0.25) is 5.43 Å². The van der Waals surface area contributed by atoms with Gasteiger partial charge >= 0.3 is 5.97 Å². The first kappa shape index (κ1) is 28.0. The van der Waals surface area contributed by atoms with Crippen LogP contribution < -0.4 is 20.4 Å². The molecular weight excluding hydrogens is 536 g/mol. The topological polar surface area (TPSA) is 118 Å². The van der Waals surface area contributed by atoms with E-state index in [1.165, 1.54) is 32.4 Å². The van der Waals surface area contributed by atoms with Crippen LogP contribution in [0.4, 0.5) is 14.5 Å². The molecule has 0 spiro atoms. The van der Waals surface area contributed by atoms with Gasteiger partial charge in [0, 0.05) is 30.9 Å². The van der Waals surface area contributed by atoms with E-state index < -0.39 is 41.1 Å². The van der Waals surface area contributed by atoms with Crippen molar-refractivity contribution in [2.24, 2.45) is 0 Å². The molecule has 1 saturated carbocycles. The summed E-state index contributed by atoms with van der Waals surface area (Å²) in [5.74, 6) is -3.53. The number of aromatic carboxylic acids is 1. The molecule has 0 unspecified atom stereocenters. The number of benzene rings is 2. The first-order valence-electron chi connectivity index (χ1n) is 13.3. The van der Waals surface area contributed by atoms with Crippen LogP contribution in [-0.4, -0.2) is 54.1 Å². The van der Waals surface area contributed by atoms with E-state index in [4.69, 9.17) is 4.74 Å². The van der Waals surface area contributed by atoms with Gasteiger partial charge in [0.15, 0.2) is 17.3 Å². The number of rotatable bonds is 8. The highest BCUT2D eigenvalue weighted by Crippen LogP contribution is 2.44. The number of hydrogen-bond donors (Lipinski definition) is 2. The lowest BCUT2D eigenvalue weighted by molar-refractivity contribution is 0.0694. The number of nitrogens with one attached hydrogen (secondary N) is 1.